The van der Waals surface area contributed by atoms with E-state index in [9.17, 15) is 18.0 Å². The van der Waals surface area contributed by atoms with Crippen LogP contribution in [0.5, 0.6) is 34.5 Å². The fourth-order valence-corrected chi connectivity index (χ4v) is 18.5. The minimum absolute atomic E-state index is 0. The minimum atomic E-state index is -4.47. The second kappa shape index (κ2) is 45.7. The number of halogens is 3. The molecule has 4 N–H and O–H groups in total. The molecule has 0 spiro atoms. The third-order valence-corrected chi connectivity index (χ3v) is 26.6. The zero-order valence-electron chi connectivity index (χ0n) is 84.6. The van der Waals surface area contributed by atoms with E-state index in [1.165, 1.54) is 26.0 Å². The van der Waals surface area contributed by atoms with Crippen LogP contribution in [0.1, 0.15) is 97.1 Å². The van der Waals surface area contributed by atoms with E-state index in [0.29, 0.717) is 88.2 Å². The van der Waals surface area contributed by atoms with E-state index < -0.39 is 11.7 Å². The normalized spacial score (nSPS) is 13.8. The van der Waals surface area contributed by atoms with Gasteiger partial charge in [0.2, 0.25) is 0 Å². The van der Waals surface area contributed by atoms with Crippen LogP contribution in [0.15, 0.2) is 244 Å². The number of hydrogen-bond donors (Lipinski definition) is 0. The number of benzene rings is 8. The molecule has 22 rings (SSSR count). The molecule has 1 unspecified atom stereocenters. The van der Waals surface area contributed by atoms with Crippen LogP contribution in [0.4, 0.5) is 58.7 Å². The zero-order chi connectivity index (χ0) is 101. The number of carbonyl (C=O) groups is 1. The maximum atomic E-state index is 13.5. The van der Waals surface area contributed by atoms with Crippen molar-refractivity contribution >= 4 is 108 Å². The maximum Gasteiger partial charge on any atom is 0.416 e. The van der Waals surface area contributed by atoms with Gasteiger partial charge >= 0.3 is 6.18 Å². The lowest BCUT2D eigenvalue weighted by atomic mass is 10.1. The molecule has 12 heterocycles. The van der Waals surface area contributed by atoms with E-state index in [1.807, 2.05) is 243 Å². The fourth-order valence-electron chi connectivity index (χ4n) is 17.8. The lowest BCUT2D eigenvalue weighted by molar-refractivity contribution is -0.137. The number of aryl methyl sites for hydroxylation is 5. The number of amides is 1. The van der Waals surface area contributed by atoms with Gasteiger partial charge in [-0.3, -0.25) is 42.7 Å². The molecule has 10 aromatic heterocycles. The summed E-state index contributed by atoms with van der Waals surface area (Å²) in [6.07, 6.45) is 31.7. The van der Waals surface area contributed by atoms with Crippen molar-refractivity contribution < 1.29 is 62.1 Å². The second-order valence-electron chi connectivity index (χ2n) is 36.9. The van der Waals surface area contributed by atoms with Crippen molar-refractivity contribution in [3.8, 4) is 79.5 Å². The summed E-state index contributed by atoms with van der Waals surface area (Å²) >= 11 is 1.58. The van der Waals surface area contributed by atoms with Crippen LogP contribution in [-0.4, -0.2) is 208 Å². The fraction of sp³-hybridized carbons (Fsp3) is 0.303. The largest absolute Gasteiger partial charge is 0.497 e. The molecule has 18 aromatic rings. The van der Waals surface area contributed by atoms with Crippen molar-refractivity contribution in [3.05, 3.63) is 273 Å². The number of carbonyl (C=O) groups excluding carboxylic acids is 1. The number of imidazole rings is 1. The maximum absolute atomic E-state index is 13.5. The molecule has 1 amide bonds. The standard InChI is InChI=1S/C29H31N7O3.C29H31N5O2.C27H30N8O2S.C24H22F3N5O.2H2O/c1-34-18-20(16-31-34)28-17-30-26-8-7-22(14-27(26)32-28)35(23-12-24(37-2)15-25(13-23)38-3)19-21-9-10-36(33-21)29-6-4-5-11-39-29;1-32-12-9-21(19-32)28-17-30-26-8-7-23(16-27(26)31-28)34(18-20-5-6-20)24-13-22(14-25(15-24)36-2)29(35)33-10-3-4-11-33;1-18-15-35(38-32(2)3)27(30-18)17-34(21-9-22(36-5)12-23(10-21)37-6)20-7-8-24-25(11-20)31-26(14-28-24)19-13-29-33(4)16-19;1-31-14-16(11-29-31)23-12-28-21-6-5-18(10-22(21)30-23)32(13-15-3-4-15)19-7-17(24(25,26)27)8-20(9-19)33-2;;/h7-10,12-18,29H,4-6,11,19H2,1-3H3;7-9,12-17,19-20H,3-6,10-11,18H2,1-2H3;7-16H,17H2,1-6H3;5-12,14-15H,3-4,13H2,1-2H3;2*1H2. The summed E-state index contributed by atoms with van der Waals surface area (Å²) < 4.78 is 93.0. The summed E-state index contributed by atoms with van der Waals surface area (Å²) in [7, 11) is 21.3. The molecule has 4 fully saturated rings. The Labute approximate surface area is 858 Å². The quantitative estimate of drug-likeness (QED) is 0.0377. The first-order valence-corrected chi connectivity index (χ1v) is 49.1. The van der Waals surface area contributed by atoms with Gasteiger partial charge in [0, 0.05) is 238 Å². The van der Waals surface area contributed by atoms with Gasteiger partial charge in [-0.25, -0.2) is 33.9 Å². The number of ether oxygens (including phenoxy) is 7. The van der Waals surface area contributed by atoms with Crippen LogP contribution >= 0.6 is 12.1 Å². The van der Waals surface area contributed by atoms with Crippen LogP contribution < -0.4 is 48.0 Å². The number of rotatable bonds is 30. The zero-order valence-corrected chi connectivity index (χ0v) is 85.4. The Kier molecular flexibility index (Phi) is 31.9. The Morgan fingerprint density at radius 1 is 0.419 bits per heavy atom. The van der Waals surface area contributed by atoms with Crippen LogP contribution in [0.3, 0.4) is 0 Å². The summed E-state index contributed by atoms with van der Waals surface area (Å²) in [4.78, 5) is 66.5. The van der Waals surface area contributed by atoms with Crippen molar-refractivity contribution in [1.82, 2.24) is 102 Å². The van der Waals surface area contributed by atoms with Crippen LogP contribution in [0, 0.1) is 18.8 Å². The van der Waals surface area contributed by atoms with Gasteiger partial charge in [0.05, 0.1) is 183 Å². The topological polar surface area (TPSA) is 361 Å². The monoisotopic (exact) mass is 2030 g/mol. The Bertz CT molecular complexity index is 7660. The molecule has 2 aliphatic carbocycles. The Hall–Kier alpha value is -16.1. The first-order chi connectivity index (χ1) is 70.8. The Morgan fingerprint density at radius 2 is 0.831 bits per heavy atom. The van der Waals surface area contributed by atoms with Gasteiger partial charge in [-0.1, -0.05) is 0 Å². The van der Waals surface area contributed by atoms with Crippen molar-refractivity contribution in [2.45, 2.75) is 90.2 Å². The number of anilines is 8. The van der Waals surface area contributed by atoms with Gasteiger partial charge in [0.1, 0.15) is 46.5 Å². The lowest BCUT2D eigenvalue weighted by Gasteiger charge is -2.27. The molecule has 2 saturated heterocycles. The molecule has 0 radical (unpaired) electrons. The van der Waals surface area contributed by atoms with E-state index in [1.54, 1.807) is 105 Å². The highest BCUT2D eigenvalue weighted by Gasteiger charge is 2.35. The lowest BCUT2D eigenvalue weighted by Crippen LogP contribution is -2.28. The van der Waals surface area contributed by atoms with Gasteiger partial charge in [-0.05, 0) is 200 Å². The summed E-state index contributed by atoms with van der Waals surface area (Å²) in [5, 5.41) is 17.6. The van der Waals surface area contributed by atoms with Crippen molar-refractivity contribution in [2.75, 3.05) is 109 Å². The molecule has 148 heavy (non-hydrogen) atoms. The van der Waals surface area contributed by atoms with E-state index in [0.717, 1.165) is 207 Å². The number of hydrogen-bond acceptors (Lipinski definition) is 27. The third kappa shape index (κ3) is 24.7. The van der Waals surface area contributed by atoms with E-state index in [-0.39, 0.29) is 28.8 Å². The van der Waals surface area contributed by atoms with Gasteiger partial charge in [-0.2, -0.15) is 33.6 Å². The molecule has 8 aromatic carbocycles. The first-order valence-electron chi connectivity index (χ1n) is 48.3. The van der Waals surface area contributed by atoms with Gasteiger partial charge in [0.25, 0.3) is 5.91 Å². The van der Waals surface area contributed by atoms with Crippen molar-refractivity contribution in [1.29, 1.82) is 0 Å². The first kappa shape index (κ1) is 103. The summed E-state index contributed by atoms with van der Waals surface area (Å²) in [6, 6.07) is 49.5. The average Bonchev–Trinajstić information content (AvgIpc) is 1.81. The van der Waals surface area contributed by atoms with E-state index >= 15 is 0 Å². The Morgan fingerprint density at radius 3 is 1.22 bits per heavy atom. The number of fused-ring (bicyclic) bond motifs is 4. The van der Waals surface area contributed by atoms with Crippen molar-refractivity contribution in [2.24, 2.45) is 40.0 Å². The van der Waals surface area contributed by atoms with Crippen LogP contribution in [-0.2, 0) is 52.2 Å². The number of likely N-dealkylation sites (tertiary alicyclic amines) is 1. The molecule has 1 atom stereocenters. The number of alkyl halides is 3. The molecule has 39 heteroatoms. The van der Waals surface area contributed by atoms with Crippen LogP contribution in [0.2, 0.25) is 0 Å². The smallest absolute Gasteiger partial charge is 0.416 e. The Balaban J connectivity index is 0.000000134. The van der Waals surface area contributed by atoms with E-state index in [2.05, 4.69) is 72.1 Å². The third-order valence-electron chi connectivity index (χ3n) is 25.7. The molecule has 0 bridgehead atoms. The predicted molar refractivity (Wildman–Crippen MR) is 567 cm³/mol. The average molecular weight is 2030 g/mol. The highest BCUT2D eigenvalue weighted by Crippen LogP contribution is 2.45. The predicted octanol–water partition coefficient (Wildman–Crippen LogP) is 19.5. The van der Waals surface area contributed by atoms with Crippen LogP contribution in [0.25, 0.3) is 89.2 Å². The molecular weight excluding hydrogens is 1910 g/mol. The number of nitrogens with zero attached hydrogens (tertiary/aromatic N) is 25. The van der Waals surface area contributed by atoms with Gasteiger partial charge in [-0.15, -0.1) is 0 Å². The van der Waals surface area contributed by atoms with Crippen molar-refractivity contribution in [3.63, 3.8) is 0 Å². The molecule has 4 aliphatic rings. The highest BCUT2D eigenvalue weighted by molar-refractivity contribution is 7.95. The molecule has 35 nitrogen and oxygen atoms in total. The summed E-state index contributed by atoms with van der Waals surface area (Å²) in [6.45, 7) is 6.96. The molecular formula is C109H118F3N25O10S. The van der Waals surface area contributed by atoms with E-state index in [4.69, 9.17) is 63.2 Å². The molecule has 2 aliphatic heterocycles. The van der Waals surface area contributed by atoms with Gasteiger partial charge < -0.3 is 73.2 Å². The SMILES string of the molecule is COc1cc(C(=O)N2CCCC2)cc(N(CC2CC2)c2ccc3ncc(-c4ccn(C)c4)nc3c2)c1.COc1cc(N(CC2CC2)c2ccc3ncc(-c4cnn(C)c4)nc3c2)cc(C(F)(F)F)c1.COc1cc(OC)cc(N(Cc2ccn(C3CCCCO3)n2)c2ccc3ncc(-c4cnn(C)c4)nc3c2)c1.COc1cc(OC)cc(N(Cc2nc(C)cn2SN(C)C)c2ccc3ncc(-c4cnn(C)c4)nc3c2)c1.O.O. The minimum Gasteiger partial charge on any atom is -0.497 e. The van der Waals surface area contributed by atoms with Gasteiger partial charge in [0.15, 0.2) is 0 Å². The summed E-state index contributed by atoms with van der Waals surface area (Å²) in [5.74, 6) is 5.74. The second-order valence-corrected chi connectivity index (χ2v) is 38.2. The number of methoxy groups -OCH3 is 6. The summed E-state index contributed by atoms with van der Waals surface area (Å²) in [5.41, 5.74) is 21.8. The molecule has 766 valence electrons. The molecule has 2 saturated carbocycles. The number of aromatic nitrogens is 19. The highest BCUT2D eigenvalue weighted by atomic mass is 32.2.